The van der Waals surface area contributed by atoms with Gasteiger partial charge in [0.1, 0.15) is 12.0 Å². The molecule has 0 amide bonds. The lowest BCUT2D eigenvalue weighted by Crippen LogP contribution is -2.17. The van der Waals surface area contributed by atoms with Crippen LogP contribution in [-0.4, -0.2) is 12.6 Å². The first-order valence-electron chi connectivity index (χ1n) is 5.78. The smallest absolute Gasteiger partial charge is 0.405 e. The van der Waals surface area contributed by atoms with Crippen molar-refractivity contribution in [2.75, 3.05) is 0 Å². The van der Waals surface area contributed by atoms with Crippen molar-refractivity contribution in [2.45, 2.75) is 6.36 Å². The second kappa shape index (κ2) is 5.67. The highest BCUT2D eigenvalue weighted by atomic mass is 19.4. The summed E-state index contributed by atoms with van der Waals surface area (Å²) in [6, 6.07) is 11.5. The van der Waals surface area contributed by atoms with Gasteiger partial charge < -0.3 is 4.74 Å². The molecule has 0 aromatic heterocycles. The highest BCUT2D eigenvalue weighted by Crippen LogP contribution is 2.34. The number of carbonyl (C=O) groups is 1. The minimum atomic E-state index is -4.84. The van der Waals surface area contributed by atoms with Gasteiger partial charge in [-0.25, -0.2) is 0 Å². The van der Waals surface area contributed by atoms with E-state index in [2.05, 4.69) is 4.74 Å². The summed E-state index contributed by atoms with van der Waals surface area (Å²) in [5, 5.41) is 8.85. The molecule has 0 aliphatic rings. The van der Waals surface area contributed by atoms with Crippen molar-refractivity contribution in [2.24, 2.45) is 0 Å². The molecule has 0 heterocycles. The highest BCUT2D eigenvalue weighted by Gasteiger charge is 2.32. The Morgan fingerprint density at radius 3 is 2.52 bits per heavy atom. The molecule has 3 nitrogen and oxygen atoms in total. The highest BCUT2D eigenvalue weighted by molar-refractivity contribution is 5.81. The predicted molar refractivity (Wildman–Crippen MR) is 68.7 cm³/mol. The molecule has 2 aromatic carbocycles. The van der Waals surface area contributed by atoms with Gasteiger partial charge in [-0.1, -0.05) is 12.1 Å². The first-order valence-corrected chi connectivity index (χ1v) is 5.78. The molecular weight excluding hydrogens is 283 g/mol. The number of nitriles is 1. The molecule has 0 fully saturated rings. The SMILES string of the molecule is N#Cc1cccc(-c2cc(C=O)ccc2OC(F)(F)F)c1. The Kier molecular flexibility index (Phi) is 3.94. The summed E-state index contributed by atoms with van der Waals surface area (Å²) in [5.41, 5.74) is 0.954. The Labute approximate surface area is 118 Å². The number of ether oxygens (including phenoxy) is 1. The molecule has 0 bridgehead atoms. The molecular formula is C15H8F3NO2. The van der Waals surface area contributed by atoms with E-state index >= 15 is 0 Å². The van der Waals surface area contributed by atoms with Crippen molar-refractivity contribution < 1.29 is 22.7 Å². The molecule has 0 N–H and O–H groups in total. The summed E-state index contributed by atoms with van der Waals surface area (Å²) in [6.07, 6.45) is -4.32. The van der Waals surface area contributed by atoms with E-state index in [1.807, 2.05) is 6.07 Å². The first-order chi connectivity index (χ1) is 9.93. The van der Waals surface area contributed by atoms with Crippen molar-refractivity contribution >= 4 is 6.29 Å². The standard InChI is InChI=1S/C15H8F3NO2/c16-15(17,18)21-14-5-4-11(9-20)7-13(14)12-3-1-2-10(6-12)8-19/h1-7,9H. The number of hydrogen-bond donors (Lipinski definition) is 0. The maximum absolute atomic E-state index is 12.4. The van der Waals surface area contributed by atoms with E-state index in [1.54, 1.807) is 6.07 Å². The van der Waals surface area contributed by atoms with Crippen LogP contribution in [0.2, 0.25) is 0 Å². The molecule has 2 rings (SSSR count). The van der Waals surface area contributed by atoms with Crippen molar-refractivity contribution in [3.05, 3.63) is 53.6 Å². The molecule has 6 heteroatoms. The Balaban J connectivity index is 2.58. The van der Waals surface area contributed by atoms with Gasteiger partial charge >= 0.3 is 6.36 Å². The number of nitrogens with zero attached hydrogens (tertiary/aromatic N) is 1. The Hall–Kier alpha value is -2.81. The third kappa shape index (κ3) is 3.60. The van der Waals surface area contributed by atoms with Crippen molar-refractivity contribution in [1.29, 1.82) is 5.26 Å². The van der Waals surface area contributed by atoms with Gasteiger partial charge in [0, 0.05) is 11.1 Å². The number of hydrogen-bond acceptors (Lipinski definition) is 3. The molecule has 0 aliphatic carbocycles. The van der Waals surface area contributed by atoms with Crippen LogP contribution in [0.1, 0.15) is 15.9 Å². The van der Waals surface area contributed by atoms with E-state index in [4.69, 9.17) is 5.26 Å². The van der Waals surface area contributed by atoms with Crippen LogP contribution in [-0.2, 0) is 0 Å². The molecule has 0 atom stereocenters. The van der Waals surface area contributed by atoms with Crippen LogP contribution >= 0.6 is 0 Å². The van der Waals surface area contributed by atoms with E-state index in [1.165, 1.54) is 30.3 Å². The fourth-order valence-corrected chi connectivity index (χ4v) is 1.82. The summed E-state index contributed by atoms with van der Waals surface area (Å²) < 4.78 is 41.2. The van der Waals surface area contributed by atoms with Crippen LogP contribution < -0.4 is 4.74 Å². The maximum atomic E-state index is 12.4. The Bertz CT molecular complexity index is 718. The monoisotopic (exact) mass is 291 g/mol. The van der Waals surface area contributed by atoms with Crippen molar-refractivity contribution in [3.8, 4) is 22.9 Å². The minimum absolute atomic E-state index is 0.0917. The zero-order valence-electron chi connectivity index (χ0n) is 10.5. The van der Waals surface area contributed by atoms with E-state index in [-0.39, 0.29) is 11.1 Å². The second-order valence-electron chi connectivity index (χ2n) is 4.11. The number of alkyl halides is 3. The largest absolute Gasteiger partial charge is 0.573 e. The van der Waals surface area contributed by atoms with Gasteiger partial charge in [-0.2, -0.15) is 5.26 Å². The number of benzene rings is 2. The summed E-state index contributed by atoms with van der Waals surface area (Å²) in [5.74, 6) is -0.428. The molecule has 2 aromatic rings. The quantitative estimate of drug-likeness (QED) is 0.805. The lowest BCUT2D eigenvalue weighted by Gasteiger charge is -2.14. The lowest BCUT2D eigenvalue weighted by molar-refractivity contribution is -0.274. The number of carbonyl (C=O) groups excluding carboxylic acids is 1. The number of rotatable bonds is 3. The van der Waals surface area contributed by atoms with Gasteiger partial charge in [-0.3, -0.25) is 4.79 Å². The van der Waals surface area contributed by atoms with Crippen LogP contribution in [0.3, 0.4) is 0 Å². The number of halogens is 3. The summed E-state index contributed by atoms with van der Waals surface area (Å²) in [6.45, 7) is 0. The minimum Gasteiger partial charge on any atom is -0.405 e. The van der Waals surface area contributed by atoms with E-state index in [9.17, 15) is 18.0 Å². The van der Waals surface area contributed by atoms with Gasteiger partial charge in [0.15, 0.2) is 0 Å². The van der Waals surface area contributed by atoms with Gasteiger partial charge in [-0.15, -0.1) is 13.2 Å². The van der Waals surface area contributed by atoms with E-state index in [0.29, 0.717) is 17.4 Å². The lowest BCUT2D eigenvalue weighted by atomic mass is 10.0. The molecule has 0 saturated heterocycles. The third-order valence-electron chi connectivity index (χ3n) is 2.67. The molecule has 21 heavy (non-hydrogen) atoms. The normalized spacial score (nSPS) is 10.8. The fraction of sp³-hybridized carbons (Fsp3) is 0.0667. The third-order valence-corrected chi connectivity index (χ3v) is 2.67. The molecule has 0 aliphatic heterocycles. The van der Waals surface area contributed by atoms with E-state index in [0.717, 1.165) is 6.07 Å². The van der Waals surface area contributed by atoms with Gasteiger partial charge in [-0.05, 0) is 35.9 Å². The maximum Gasteiger partial charge on any atom is 0.573 e. The van der Waals surface area contributed by atoms with Crippen molar-refractivity contribution in [1.82, 2.24) is 0 Å². The number of aldehydes is 1. The summed E-state index contributed by atoms with van der Waals surface area (Å²) >= 11 is 0. The zero-order valence-corrected chi connectivity index (χ0v) is 10.5. The average molecular weight is 291 g/mol. The average Bonchev–Trinajstić information content (AvgIpc) is 2.46. The Morgan fingerprint density at radius 2 is 1.90 bits per heavy atom. The van der Waals surface area contributed by atoms with Crippen LogP contribution in [0.15, 0.2) is 42.5 Å². The fourth-order valence-electron chi connectivity index (χ4n) is 1.82. The predicted octanol–water partition coefficient (Wildman–Crippen LogP) is 3.94. The van der Waals surface area contributed by atoms with Crippen LogP contribution in [0.5, 0.6) is 5.75 Å². The molecule has 0 spiro atoms. The van der Waals surface area contributed by atoms with E-state index < -0.39 is 12.1 Å². The Morgan fingerprint density at radius 1 is 1.14 bits per heavy atom. The topological polar surface area (TPSA) is 50.1 Å². The zero-order chi connectivity index (χ0) is 15.5. The molecule has 0 radical (unpaired) electrons. The molecule has 0 unspecified atom stereocenters. The second-order valence-corrected chi connectivity index (χ2v) is 4.11. The summed E-state index contributed by atoms with van der Waals surface area (Å²) in [4.78, 5) is 10.8. The van der Waals surface area contributed by atoms with Gasteiger partial charge in [0.2, 0.25) is 0 Å². The van der Waals surface area contributed by atoms with Crippen LogP contribution in [0, 0.1) is 11.3 Å². The molecule has 0 saturated carbocycles. The van der Waals surface area contributed by atoms with Crippen LogP contribution in [0.4, 0.5) is 13.2 Å². The van der Waals surface area contributed by atoms with Gasteiger partial charge in [0.25, 0.3) is 0 Å². The van der Waals surface area contributed by atoms with Gasteiger partial charge in [0.05, 0.1) is 11.6 Å². The summed E-state index contributed by atoms with van der Waals surface area (Å²) in [7, 11) is 0. The first kappa shape index (κ1) is 14.6. The van der Waals surface area contributed by atoms with Crippen molar-refractivity contribution in [3.63, 3.8) is 0 Å². The van der Waals surface area contributed by atoms with Crippen LogP contribution in [0.25, 0.3) is 11.1 Å². The molecule has 106 valence electrons.